The Morgan fingerprint density at radius 3 is 2.62 bits per heavy atom. The number of para-hydroxylation sites is 1. The molecule has 21 heavy (non-hydrogen) atoms. The molecular weight excluding hydrogens is 291 g/mol. The van der Waals surface area contributed by atoms with Gasteiger partial charge in [0, 0.05) is 18.8 Å². The second-order valence-corrected chi connectivity index (χ2v) is 5.05. The summed E-state index contributed by atoms with van der Waals surface area (Å²) in [5.41, 5.74) is 7.68. The fraction of sp³-hybridized carbons (Fsp3) is 0.188. The first-order valence-electron chi connectivity index (χ1n) is 6.60. The number of amides is 1. The number of rotatable bonds is 4. The molecule has 0 bridgehead atoms. The van der Waals surface area contributed by atoms with Crippen molar-refractivity contribution in [2.24, 2.45) is 0 Å². The molecule has 110 valence electrons. The zero-order valence-electron chi connectivity index (χ0n) is 11.6. The van der Waals surface area contributed by atoms with Crippen LogP contribution in [0.4, 0.5) is 10.1 Å². The maximum atomic E-state index is 13.1. The molecule has 0 saturated carbocycles. The predicted octanol–water partition coefficient (Wildman–Crippen LogP) is 3.72. The molecule has 0 atom stereocenters. The van der Waals surface area contributed by atoms with E-state index >= 15 is 0 Å². The number of nitrogens with two attached hydrogens (primary N) is 1. The van der Waals surface area contributed by atoms with Gasteiger partial charge in [0.05, 0.1) is 10.6 Å². The lowest BCUT2D eigenvalue weighted by molar-refractivity contribution is 0.0753. The Bertz CT molecular complexity index is 660. The minimum Gasteiger partial charge on any atom is -0.398 e. The summed E-state index contributed by atoms with van der Waals surface area (Å²) in [4.78, 5) is 14.1. The number of halogens is 2. The summed E-state index contributed by atoms with van der Waals surface area (Å²) in [7, 11) is 0. The quantitative estimate of drug-likeness (QED) is 0.875. The number of carbonyl (C=O) groups excluding carboxylic acids is 1. The average Bonchev–Trinajstić information content (AvgIpc) is 2.46. The summed E-state index contributed by atoms with van der Waals surface area (Å²) in [5, 5.41) is 0.111. The van der Waals surface area contributed by atoms with Gasteiger partial charge in [0.25, 0.3) is 5.91 Å². The third-order valence-corrected chi connectivity index (χ3v) is 3.56. The van der Waals surface area contributed by atoms with Gasteiger partial charge in [0.2, 0.25) is 0 Å². The van der Waals surface area contributed by atoms with Gasteiger partial charge in [-0.1, -0.05) is 29.8 Å². The smallest absolute Gasteiger partial charge is 0.255 e. The van der Waals surface area contributed by atoms with Crippen LogP contribution >= 0.6 is 11.6 Å². The Morgan fingerprint density at radius 1 is 1.29 bits per heavy atom. The van der Waals surface area contributed by atoms with Gasteiger partial charge in [0.15, 0.2) is 0 Å². The van der Waals surface area contributed by atoms with Crippen LogP contribution in [0, 0.1) is 5.82 Å². The molecule has 0 radical (unpaired) electrons. The number of nitrogens with zero attached hydrogens (tertiary/aromatic N) is 1. The molecule has 0 unspecified atom stereocenters. The van der Waals surface area contributed by atoms with Crippen LogP contribution in [-0.2, 0) is 6.54 Å². The molecule has 2 rings (SSSR count). The van der Waals surface area contributed by atoms with E-state index in [0.29, 0.717) is 18.8 Å². The van der Waals surface area contributed by atoms with E-state index in [1.165, 1.54) is 12.1 Å². The number of carbonyl (C=O) groups is 1. The van der Waals surface area contributed by atoms with Gasteiger partial charge < -0.3 is 10.6 Å². The van der Waals surface area contributed by atoms with Gasteiger partial charge in [-0.2, -0.15) is 0 Å². The summed E-state index contributed by atoms with van der Waals surface area (Å²) in [6.45, 7) is 2.76. The SMILES string of the molecule is CCN(Cc1ccccc1N)C(=O)c1ccc(F)cc1Cl. The highest BCUT2D eigenvalue weighted by Gasteiger charge is 2.18. The zero-order chi connectivity index (χ0) is 15.4. The van der Waals surface area contributed by atoms with Crippen LogP contribution in [0.25, 0.3) is 0 Å². The second-order valence-electron chi connectivity index (χ2n) is 4.64. The third kappa shape index (κ3) is 3.52. The largest absolute Gasteiger partial charge is 0.398 e. The van der Waals surface area contributed by atoms with Gasteiger partial charge >= 0.3 is 0 Å². The lowest BCUT2D eigenvalue weighted by Crippen LogP contribution is -2.30. The van der Waals surface area contributed by atoms with Crippen molar-refractivity contribution in [1.82, 2.24) is 4.90 Å². The molecule has 0 aliphatic rings. The van der Waals surface area contributed by atoms with E-state index in [1.54, 1.807) is 11.0 Å². The molecule has 0 heterocycles. The molecule has 0 aromatic heterocycles. The van der Waals surface area contributed by atoms with Crippen LogP contribution in [0.5, 0.6) is 0 Å². The molecule has 0 aliphatic heterocycles. The highest BCUT2D eigenvalue weighted by atomic mass is 35.5. The van der Waals surface area contributed by atoms with E-state index in [9.17, 15) is 9.18 Å². The molecule has 1 amide bonds. The van der Waals surface area contributed by atoms with Crippen molar-refractivity contribution in [3.05, 3.63) is 64.4 Å². The molecule has 0 aliphatic carbocycles. The van der Waals surface area contributed by atoms with Crippen LogP contribution in [0.1, 0.15) is 22.8 Å². The average molecular weight is 307 g/mol. The molecule has 3 nitrogen and oxygen atoms in total. The Morgan fingerprint density at radius 2 is 2.00 bits per heavy atom. The third-order valence-electron chi connectivity index (χ3n) is 3.25. The van der Waals surface area contributed by atoms with Crippen molar-refractivity contribution in [2.45, 2.75) is 13.5 Å². The van der Waals surface area contributed by atoms with E-state index in [2.05, 4.69) is 0 Å². The van der Waals surface area contributed by atoms with Gasteiger partial charge in [-0.3, -0.25) is 4.79 Å². The Hall–Kier alpha value is -2.07. The van der Waals surface area contributed by atoms with Gasteiger partial charge in [0.1, 0.15) is 5.82 Å². The van der Waals surface area contributed by atoms with Crippen molar-refractivity contribution in [2.75, 3.05) is 12.3 Å². The van der Waals surface area contributed by atoms with E-state index in [-0.39, 0.29) is 16.5 Å². The van der Waals surface area contributed by atoms with Crippen LogP contribution in [0.3, 0.4) is 0 Å². The van der Waals surface area contributed by atoms with Crippen molar-refractivity contribution >= 4 is 23.2 Å². The summed E-state index contributed by atoms with van der Waals surface area (Å²) < 4.78 is 13.1. The van der Waals surface area contributed by atoms with E-state index in [0.717, 1.165) is 11.6 Å². The Kier molecular flexibility index (Phi) is 4.81. The van der Waals surface area contributed by atoms with Crippen molar-refractivity contribution < 1.29 is 9.18 Å². The standard InChI is InChI=1S/C16H16ClFN2O/c1-2-20(10-11-5-3-4-6-15(11)19)16(21)13-8-7-12(18)9-14(13)17/h3-9H,2,10,19H2,1H3. The lowest BCUT2D eigenvalue weighted by Gasteiger charge is -2.22. The van der Waals surface area contributed by atoms with E-state index < -0.39 is 5.82 Å². The topological polar surface area (TPSA) is 46.3 Å². The van der Waals surface area contributed by atoms with Crippen molar-refractivity contribution in [3.8, 4) is 0 Å². The van der Waals surface area contributed by atoms with Crippen LogP contribution in [0.15, 0.2) is 42.5 Å². The summed E-state index contributed by atoms with van der Waals surface area (Å²) in [5.74, 6) is -0.711. The maximum absolute atomic E-state index is 13.1. The number of benzene rings is 2. The first-order valence-corrected chi connectivity index (χ1v) is 6.98. The number of anilines is 1. The van der Waals surface area contributed by atoms with Crippen molar-refractivity contribution in [3.63, 3.8) is 0 Å². The summed E-state index contributed by atoms with van der Waals surface area (Å²) >= 11 is 5.95. The highest BCUT2D eigenvalue weighted by Crippen LogP contribution is 2.21. The predicted molar refractivity (Wildman–Crippen MR) is 82.7 cm³/mol. The van der Waals surface area contributed by atoms with Gasteiger partial charge in [-0.15, -0.1) is 0 Å². The molecule has 2 N–H and O–H groups in total. The second kappa shape index (κ2) is 6.59. The van der Waals surface area contributed by atoms with Gasteiger partial charge in [-0.25, -0.2) is 4.39 Å². The van der Waals surface area contributed by atoms with Crippen LogP contribution < -0.4 is 5.73 Å². The molecule has 0 saturated heterocycles. The Balaban J connectivity index is 2.25. The normalized spacial score (nSPS) is 10.4. The molecule has 5 heteroatoms. The lowest BCUT2D eigenvalue weighted by atomic mass is 10.1. The molecular formula is C16H16ClFN2O. The van der Waals surface area contributed by atoms with Crippen LogP contribution in [-0.4, -0.2) is 17.4 Å². The number of hydrogen-bond donors (Lipinski definition) is 1. The highest BCUT2D eigenvalue weighted by molar-refractivity contribution is 6.33. The fourth-order valence-corrected chi connectivity index (χ4v) is 2.29. The van der Waals surface area contributed by atoms with Crippen molar-refractivity contribution in [1.29, 1.82) is 0 Å². The van der Waals surface area contributed by atoms with E-state index in [4.69, 9.17) is 17.3 Å². The molecule has 2 aromatic rings. The maximum Gasteiger partial charge on any atom is 0.255 e. The first kappa shape index (κ1) is 15.3. The van der Waals surface area contributed by atoms with E-state index in [1.807, 2.05) is 25.1 Å². The molecule has 2 aromatic carbocycles. The summed E-state index contributed by atoms with van der Waals surface area (Å²) in [6.07, 6.45) is 0. The Labute approximate surface area is 128 Å². The molecule has 0 fully saturated rings. The monoisotopic (exact) mass is 306 g/mol. The minimum atomic E-state index is -0.466. The van der Waals surface area contributed by atoms with Gasteiger partial charge in [-0.05, 0) is 36.8 Å². The van der Waals surface area contributed by atoms with Crippen LogP contribution in [0.2, 0.25) is 5.02 Å². The zero-order valence-corrected chi connectivity index (χ0v) is 12.4. The summed E-state index contributed by atoms with van der Waals surface area (Å²) in [6, 6.07) is 11.1. The minimum absolute atomic E-state index is 0.111. The first-order chi connectivity index (χ1) is 10.0. The fourth-order valence-electron chi connectivity index (χ4n) is 2.04. The molecule has 0 spiro atoms. The number of hydrogen-bond acceptors (Lipinski definition) is 2. The number of nitrogen functional groups attached to an aromatic ring is 1.